The molecule has 4 heterocycles. The molecule has 0 N–H and O–H groups in total. The van der Waals surface area contributed by atoms with Gasteiger partial charge in [-0.15, -0.1) is 11.3 Å². The van der Waals surface area contributed by atoms with Crippen molar-refractivity contribution in [3.05, 3.63) is 29.0 Å². The van der Waals surface area contributed by atoms with Gasteiger partial charge >= 0.3 is 0 Å². The smallest absolute Gasteiger partial charge is 0.273 e. The largest absolute Gasteiger partial charge is 0.335 e. The van der Waals surface area contributed by atoms with Gasteiger partial charge in [-0.25, -0.2) is 4.98 Å². The number of aromatic nitrogens is 3. The first kappa shape index (κ1) is 14.4. The van der Waals surface area contributed by atoms with Crippen LogP contribution < -0.4 is 4.90 Å². The van der Waals surface area contributed by atoms with Crippen molar-refractivity contribution in [2.75, 3.05) is 24.5 Å². The lowest BCUT2D eigenvalue weighted by atomic mass is 10.3. The molecule has 0 saturated carbocycles. The fourth-order valence-electron chi connectivity index (χ4n) is 3.21. The van der Waals surface area contributed by atoms with Crippen LogP contribution in [0.15, 0.2) is 23.3 Å². The van der Waals surface area contributed by atoms with Gasteiger partial charge in [-0.1, -0.05) is 0 Å². The molecule has 2 aromatic rings. The fourth-order valence-corrected chi connectivity index (χ4v) is 3.74. The maximum absolute atomic E-state index is 12.3. The highest BCUT2D eigenvalue weighted by Crippen LogP contribution is 2.26. The van der Waals surface area contributed by atoms with Gasteiger partial charge in [0, 0.05) is 37.6 Å². The zero-order chi connectivity index (χ0) is 15.8. The maximum atomic E-state index is 12.3. The third-order valence-corrected chi connectivity index (χ3v) is 5.04. The standard InChI is InChI=1S/C15H17N5O2S/c21-14-2-1-4-19(14)12-6-17-20(8-12)11-3-5-18(7-11)15(22)13-9-23-10-16-13/h6,8-11H,1-5,7H2. The first-order chi connectivity index (χ1) is 11.2. The van der Waals surface area contributed by atoms with Gasteiger partial charge in [-0.05, 0) is 12.8 Å². The van der Waals surface area contributed by atoms with Gasteiger partial charge in [0.15, 0.2) is 0 Å². The lowest BCUT2D eigenvalue weighted by Crippen LogP contribution is -2.29. The Kier molecular flexibility index (Phi) is 3.60. The summed E-state index contributed by atoms with van der Waals surface area (Å²) >= 11 is 1.43. The maximum Gasteiger partial charge on any atom is 0.273 e. The average Bonchev–Trinajstić information content (AvgIpc) is 3.32. The Morgan fingerprint density at radius 3 is 3.00 bits per heavy atom. The van der Waals surface area contributed by atoms with Crippen molar-refractivity contribution in [3.8, 4) is 0 Å². The van der Waals surface area contributed by atoms with E-state index in [4.69, 9.17) is 0 Å². The summed E-state index contributed by atoms with van der Waals surface area (Å²) in [7, 11) is 0. The second kappa shape index (κ2) is 5.77. The Hall–Kier alpha value is -2.22. The summed E-state index contributed by atoms with van der Waals surface area (Å²) in [5, 5.41) is 6.18. The highest BCUT2D eigenvalue weighted by atomic mass is 32.1. The summed E-state index contributed by atoms with van der Waals surface area (Å²) < 4.78 is 1.88. The summed E-state index contributed by atoms with van der Waals surface area (Å²) in [6.45, 7) is 2.11. The first-order valence-electron chi connectivity index (χ1n) is 7.74. The van der Waals surface area contributed by atoms with E-state index >= 15 is 0 Å². The van der Waals surface area contributed by atoms with Gasteiger partial charge in [-0.3, -0.25) is 14.3 Å². The molecule has 7 nitrogen and oxygen atoms in total. The molecular weight excluding hydrogens is 314 g/mol. The predicted octanol–water partition coefficient (Wildman–Crippen LogP) is 1.55. The first-order valence-corrected chi connectivity index (χ1v) is 8.68. The van der Waals surface area contributed by atoms with E-state index in [-0.39, 0.29) is 17.9 Å². The average molecular weight is 331 g/mol. The van der Waals surface area contributed by atoms with Crippen molar-refractivity contribution in [2.45, 2.75) is 25.3 Å². The zero-order valence-corrected chi connectivity index (χ0v) is 13.4. The number of carbonyl (C=O) groups is 2. The van der Waals surface area contributed by atoms with E-state index < -0.39 is 0 Å². The highest BCUT2D eigenvalue weighted by molar-refractivity contribution is 7.07. The van der Waals surface area contributed by atoms with E-state index in [1.807, 2.05) is 15.8 Å². The molecule has 0 aromatic carbocycles. The van der Waals surface area contributed by atoms with Crippen LogP contribution in [0.2, 0.25) is 0 Å². The summed E-state index contributed by atoms with van der Waals surface area (Å²) in [5.41, 5.74) is 3.05. The van der Waals surface area contributed by atoms with Crippen LogP contribution in [0.25, 0.3) is 0 Å². The Bertz CT molecular complexity index is 726. The summed E-state index contributed by atoms with van der Waals surface area (Å²) in [6.07, 6.45) is 6.05. The van der Waals surface area contributed by atoms with Gasteiger partial charge in [0.2, 0.25) is 5.91 Å². The number of likely N-dealkylation sites (tertiary alicyclic amines) is 1. The van der Waals surface area contributed by atoms with Crippen molar-refractivity contribution in [2.24, 2.45) is 0 Å². The Morgan fingerprint density at radius 2 is 2.26 bits per heavy atom. The molecule has 0 bridgehead atoms. The molecule has 2 aliphatic rings. The minimum atomic E-state index is -0.0177. The quantitative estimate of drug-likeness (QED) is 0.855. The van der Waals surface area contributed by atoms with Crippen molar-refractivity contribution >= 4 is 28.8 Å². The lowest BCUT2D eigenvalue weighted by Gasteiger charge is -2.15. The van der Waals surface area contributed by atoms with E-state index in [1.54, 1.807) is 22.0 Å². The second-order valence-corrected chi connectivity index (χ2v) is 6.61. The number of rotatable bonds is 3. The summed E-state index contributed by atoms with van der Waals surface area (Å²) in [6, 6.07) is 0.157. The minimum Gasteiger partial charge on any atom is -0.335 e. The number of amides is 2. The fraction of sp³-hybridized carbons (Fsp3) is 0.467. The molecule has 120 valence electrons. The molecule has 0 aliphatic carbocycles. The normalized spacial score (nSPS) is 21.4. The van der Waals surface area contributed by atoms with Gasteiger partial charge < -0.3 is 9.80 Å². The van der Waals surface area contributed by atoms with Crippen molar-refractivity contribution in [3.63, 3.8) is 0 Å². The number of hydrogen-bond donors (Lipinski definition) is 0. The van der Waals surface area contributed by atoms with Crippen LogP contribution in [-0.4, -0.2) is 51.1 Å². The lowest BCUT2D eigenvalue weighted by molar-refractivity contribution is -0.117. The third kappa shape index (κ3) is 2.63. The van der Waals surface area contributed by atoms with E-state index in [0.717, 1.165) is 25.1 Å². The van der Waals surface area contributed by atoms with Gasteiger partial charge in [-0.2, -0.15) is 5.10 Å². The van der Waals surface area contributed by atoms with Crippen LogP contribution in [-0.2, 0) is 4.79 Å². The molecule has 1 unspecified atom stereocenters. The molecule has 23 heavy (non-hydrogen) atoms. The van der Waals surface area contributed by atoms with Crippen LogP contribution in [0.4, 0.5) is 5.69 Å². The van der Waals surface area contributed by atoms with E-state index in [0.29, 0.717) is 25.2 Å². The molecule has 2 aliphatic heterocycles. The number of hydrogen-bond acceptors (Lipinski definition) is 5. The molecule has 4 rings (SSSR count). The van der Waals surface area contributed by atoms with Gasteiger partial charge in [0.25, 0.3) is 5.91 Å². The number of nitrogens with zero attached hydrogens (tertiary/aromatic N) is 5. The second-order valence-electron chi connectivity index (χ2n) is 5.89. The molecule has 0 spiro atoms. The number of thiazole rings is 1. The van der Waals surface area contributed by atoms with Crippen LogP contribution in [0, 0.1) is 0 Å². The molecular formula is C15H17N5O2S. The van der Waals surface area contributed by atoms with Crippen LogP contribution in [0.1, 0.15) is 35.8 Å². The molecule has 2 aromatic heterocycles. The zero-order valence-electron chi connectivity index (χ0n) is 12.6. The van der Waals surface area contributed by atoms with Gasteiger partial charge in [0.1, 0.15) is 5.69 Å². The minimum absolute atomic E-state index is 0.0177. The van der Waals surface area contributed by atoms with E-state index in [1.165, 1.54) is 11.3 Å². The van der Waals surface area contributed by atoms with Gasteiger partial charge in [0.05, 0.1) is 23.4 Å². The van der Waals surface area contributed by atoms with Crippen molar-refractivity contribution in [1.82, 2.24) is 19.7 Å². The Morgan fingerprint density at radius 1 is 1.35 bits per heavy atom. The predicted molar refractivity (Wildman–Crippen MR) is 85.5 cm³/mol. The molecule has 8 heteroatoms. The molecule has 0 radical (unpaired) electrons. The van der Waals surface area contributed by atoms with Crippen molar-refractivity contribution in [1.29, 1.82) is 0 Å². The van der Waals surface area contributed by atoms with Crippen molar-refractivity contribution < 1.29 is 9.59 Å². The van der Waals surface area contributed by atoms with E-state index in [9.17, 15) is 9.59 Å². The topological polar surface area (TPSA) is 71.3 Å². The monoisotopic (exact) mass is 331 g/mol. The molecule has 2 amide bonds. The Labute approximate surface area is 137 Å². The highest BCUT2D eigenvalue weighted by Gasteiger charge is 2.30. The molecule has 2 saturated heterocycles. The van der Waals surface area contributed by atoms with E-state index in [2.05, 4.69) is 10.1 Å². The molecule has 1 atom stereocenters. The summed E-state index contributed by atoms with van der Waals surface area (Å²) in [4.78, 5) is 31.8. The summed E-state index contributed by atoms with van der Waals surface area (Å²) in [5.74, 6) is 0.146. The number of carbonyl (C=O) groups excluding carboxylic acids is 2. The Balaban J connectivity index is 1.45. The third-order valence-electron chi connectivity index (χ3n) is 4.45. The SMILES string of the molecule is O=C(c1cscn1)N1CCC(n2cc(N3CCCC3=O)cn2)C1. The molecule has 2 fully saturated rings. The van der Waals surface area contributed by atoms with Crippen LogP contribution in [0.3, 0.4) is 0 Å². The van der Waals surface area contributed by atoms with Crippen LogP contribution >= 0.6 is 11.3 Å². The number of anilines is 1. The van der Waals surface area contributed by atoms with Crippen LogP contribution in [0.5, 0.6) is 0 Å².